The highest BCUT2D eigenvalue weighted by Crippen LogP contribution is 2.18. The number of carbonyl (C=O) groups is 6. The lowest BCUT2D eigenvalue weighted by Crippen LogP contribution is -2.27. The van der Waals surface area contributed by atoms with Gasteiger partial charge in [0.25, 0.3) is 0 Å². The second kappa shape index (κ2) is 30.6. The molecule has 0 atom stereocenters. The van der Waals surface area contributed by atoms with Gasteiger partial charge in [0.15, 0.2) is 0 Å². The third kappa shape index (κ3) is 22.8. The van der Waals surface area contributed by atoms with E-state index in [1.807, 2.05) is 158 Å². The van der Waals surface area contributed by atoms with Crippen LogP contribution in [0.4, 0.5) is 62.9 Å². The van der Waals surface area contributed by atoms with Gasteiger partial charge in [-0.2, -0.15) is 0 Å². The number of anilines is 6. The van der Waals surface area contributed by atoms with Crippen molar-refractivity contribution in [3.05, 3.63) is 180 Å². The van der Waals surface area contributed by atoms with E-state index in [1.54, 1.807) is 84.6 Å². The number of hydrogen-bond acceptors (Lipinski definition) is 6. The minimum atomic E-state index is -0.150. The van der Waals surface area contributed by atoms with E-state index in [9.17, 15) is 28.8 Å². The molecule has 0 aliphatic carbocycles. The summed E-state index contributed by atoms with van der Waals surface area (Å²) in [6.07, 6.45) is 1.56. The van der Waals surface area contributed by atoms with E-state index in [1.165, 1.54) is 29.4 Å². The van der Waals surface area contributed by atoms with E-state index in [0.29, 0.717) is 0 Å². The zero-order chi connectivity index (χ0) is 54.7. The largest absolute Gasteiger partial charge is 0.331 e. The molecule has 6 rings (SSSR count). The van der Waals surface area contributed by atoms with E-state index in [-0.39, 0.29) is 36.2 Å². The van der Waals surface area contributed by atoms with Crippen molar-refractivity contribution < 1.29 is 28.8 Å². The van der Waals surface area contributed by atoms with Crippen molar-refractivity contribution in [2.24, 2.45) is 0 Å². The molecule has 0 spiro atoms. The number of nitrogens with zero attached hydrogens (tertiary/aromatic N) is 6. The quantitative estimate of drug-likeness (QED) is 0.0790. The molecule has 0 radical (unpaired) electrons. The van der Waals surface area contributed by atoms with Gasteiger partial charge < -0.3 is 61.3 Å². The molecule has 0 fully saturated rings. The molecule has 0 aromatic heterocycles. The highest BCUT2D eigenvalue weighted by molar-refractivity contribution is 5.91. The van der Waals surface area contributed by atoms with Crippen LogP contribution >= 0.6 is 0 Å². The minimum Gasteiger partial charge on any atom is -0.331 e. The molecule has 0 aliphatic heterocycles. The SMILES string of the molecule is CN(C)C(=O)Nc1ccc(Cc2ccc(NC(=O)N(C)C)cc2)cc1.CN(C)C(=O)Nc1ccc(Cc2ccc(NC(=O)N(C)C)cc2)cc1.CN(C)C(=O)Nc1ccccc1.CN(C)C(=O)Nc1ccccc1. The van der Waals surface area contributed by atoms with Gasteiger partial charge in [-0.25, -0.2) is 28.8 Å². The molecular formula is C56H72N12O6. The standard InChI is InChI=1S/2C19H24N4O2.2C9H12N2O/c2*1-22(2)18(24)20-16-9-5-14(6-10-16)13-15-7-11-17(12-8-15)21-19(25)23(3)4;2*1-11(2)9(12)10-8-6-4-3-5-7-8/h2*5-12H,13H2,1-4H3,(H,20,24)(H,21,25);2*3-7H,1-2H3,(H,10,12). The maximum Gasteiger partial charge on any atom is 0.321 e. The van der Waals surface area contributed by atoms with Gasteiger partial charge >= 0.3 is 36.2 Å². The molecule has 18 heteroatoms. The van der Waals surface area contributed by atoms with E-state index >= 15 is 0 Å². The van der Waals surface area contributed by atoms with Crippen LogP contribution in [0.25, 0.3) is 0 Å². The number of benzene rings is 6. The Morgan fingerprint density at radius 3 is 0.541 bits per heavy atom. The Balaban J connectivity index is 0.000000275. The Morgan fingerprint density at radius 2 is 0.392 bits per heavy atom. The van der Waals surface area contributed by atoms with Crippen molar-refractivity contribution in [2.75, 3.05) is 116 Å². The van der Waals surface area contributed by atoms with Gasteiger partial charge in [0.05, 0.1) is 0 Å². The van der Waals surface area contributed by atoms with E-state index in [2.05, 4.69) is 31.9 Å². The maximum absolute atomic E-state index is 11.6. The predicted octanol–water partition coefficient (Wildman–Crippen LogP) is 10.5. The van der Waals surface area contributed by atoms with Crippen LogP contribution in [-0.2, 0) is 12.8 Å². The number of rotatable bonds is 10. The fraction of sp³-hybridized carbons (Fsp3) is 0.250. The van der Waals surface area contributed by atoms with Crippen LogP contribution in [0, 0.1) is 0 Å². The number of para-hydroxylation sites is 2. The maximum atomic E-state index is 11.6. The average molecular weight is 1010 g/mol. The molecule has 0 saturated carbocycles. The molecular weight excluding hydrogens is 937 g/mol. The highest BCUT2D eigenvalue weighted by Gasteiger charge is 2.09. The first-order chi connectivity index (χ1) is 35.1. The molecule has 6 aromatic carbocycles. The van der Waals surface area contributed by atoms with E-state index in [4.69, 9.17) is 0 Å². The molecule has 0 saturated heterocycles. The van der Waals surface area contributed by atoms with Crippen molar-refractivity contribution >= 4 is 70.3 Å². The van der Waals surface area contributed by atoms with Gasteiger partial charge in [0.1, 0.15) is 0 Å². The van der Waals surface area contributed by atoms with Gasteiger partial charge in [-0.1, -0.05) is 84.9 Å². The second-order valence-electron chi connectivity index (χ2n) is 17.8. The molecule has 6 N–H and O–H groups in total. The lowest BCUT2D eigenvalue weighted by atomic mass is 10.0. The summed E-state index contributed by atoms with van der Waals surface area (Å²) >= 11 is 0. The minimum absolute atomic E-state index is 0.110. The van der Waals surface area contributed by atoms with Crippen molar-refractivity contribution in [1.29, 1.82) is 0 Å². The summed E-state index contributed by atoms with van der Waals surface area (Å²) in [6.45, 7) is 0. The summed E-state index contributed by atoms with van der Waals surface area (Å²) in [4.78, 5) is 77.7. The van der Waals surface area contributed by atoms with E-state index < -0.39 is 0 Å². The molecule has 12 amide bonds. The van der Waals surface area contributed by atoms with Crippen LogP contribution in [-0.4, -0.2) is 150 Å². The fourth-order valence-electron chi connectivity index (χ4n) is 5.75. The molecule has 0 aliphatic rings. The molecule has 74 heavy (non-hydrogen) atoms. The Hall–Kier alpha value is -9.06. The molecule has 392 valence electrons. The van der Waals surface area contributed by atoms with Crippen LogP contribution < -0.4 is 31.9 Å². The number of hydrogen-bond donors (Lipinski definition) is 6. The summed E-state index contributed by atoms with van der Waals surface area (Å²) < 4.78 is 0. The summed E-state index contributed by atoms with van der Waals surface area (Å²) in [7, 11) is 20.4. The molecule has 0 bridgehead atoms. The predicted molar refractivity (Wildman–Crippen MR) is 300 cm³/mol. The zero-order valence-electron chi connectivity index (χ0n) is 44.6. The summed E-state index contributed by atoms with van der Waals surface area (Å²) in [5.74, 6) is 0. The van der Waals surface area contributed by atoms with Crippen LogP contribution in [0.2, 0.25) is 0 Å². The first-order valence-corrected chi connectivity index (χ1v) is 23.5. The third-order valence-electron chi connectivity index (χ3n) is 10.1. The van der Waals surface area contributed by atoms with Gasteiger partial charge in [-0.05, 0) is 108 Å². The van der Waals surface area contributed by atoms with Gasteiger partial charge in [-0.15, -0.1) is 0 Å². The summed E-state index contributed by atoms with van der Waals surface area (Å²) in [5, 5.41) is 16.7. The normalized spacial score (nSPS) is 9.78. The first-order valence-electron chi connectivity index (χ1n) is 23.5. The highest BCUT2D eigenvalue weighted by atomic mass is 16.2. The van der Waals surface area contributed by atoms with Crippen LogP contribution in [0.1, 0.15) is 22.3 Å². The Morgan fingerprint density at radius 1 is 0.243 bits per heavy atom. The summed E-state index contributed by atoms with van der Waals surface area (Å²) in [5.41, 5.74) is 9.29. The van der Waals surface area contributed by atoms with Crippen molar-refractivity contribution in [3.8, 4) is 0 Å². The smallest absolute Gasteiger partial charge is 0.321 e. The lowest BCUT2D eigenvalue weighted by Gasteiger charge is -2.13. The molecule has 6 aromatic rings. The van der Waals surface area contributed by atoms with Crippen LogP contribution in [0.15, 0.2) is 158 Å². The number of amides is 12. The summed E-state index contributed by atoms with van der Waals surface area (Å²) in [6, 6.07) is 49.0. The van der Waals surface area contributed by atoms with Crippen molar-refractivity contribution in [3.63, 3.8) is 0 Å². The average Bonchev–Trinajstić information content (AvgIpc) is 3.37. The van der Waals surface area contributed by atoms with Gasteiger partial charge in [-0.3, -0.25) is 0 Å². The second-order valence-corrected chi connectivity index (χ2v) is 17.8. The molecule has 0 unspecified atom stereocenters. The number of carbonyl (C=O) groups excluding carboxylic acids is 6. The number of urea groups is 6. The third-order valence-corrected chi connectivity index (χ3v) is 10.1. The molecule has 0 heterocycles. The van der Waals surface area contributed by atoms with Gasteiger partial charge in [0, 0.05) is 119 Å². The lowest BCUT2D eigenvalue weighted by molar-refractivity contribution is 0.230. The van der Waals surface area contributed by atoms with Crippen molar-refractivity contribution in [2.45, 2.75) is 12.8 Å². The zero-order valence-corrected chi connectivity index (χ0v) is 44.6. The fourth-order valence-corrected chi connectivity index (χ4v) is 5.75. The number of nitrogens with one attached hydrogen (secondary N) is 6. The van der Waals surface area contributed by atoms with Crippen LogP contribution in [0.5, 0.6) is 0 Å². The Kier molecular flexibility index (Phi) is 24.5. The van der Waals surface area contributed by atoms with Gasteiger partial charge in [0.2, 0.25) is 0 Å². The van der Waals surface area contributed by atoms with Crippen molar-refractivity contribution in [1.82, 2.24) is 29.4 Å². The first kappa shape index (κ1) is 59.2. The Labute approximate surface area is 436 Å². The topological polar surface area (TPSA) is 194 Å². The Bertz CT molecular complexity index is 2350. The monoisotopic (exact) mass is 1010 g/mol. The van der Waals surface area contributed by atoms with Crippen LogP contribution in [0.3, 0.4) is 0 Å². The van der Waals surface area contributed by atoms with E-state index in [0.717, 1.165) is 69.2 Å². The molecule has 18 nitrogen and oxygen atoms in total.